The van der Waals surface area contributed by atoms with E-state index in [2.05, 4.69) is 16.0 Å². The maximum absolute atomic E-state index is 14.5. The normalized spacial score (nSPS) is 21.7. The highest BCUT2D eigenvalue weighted by Crippen LogP contribution is 2.36. The molecule has 3 fully saturated rings. The average Bonchev–Trinajstić information content (AvgIpc) is 3.45. The van der Waals surface area contributed by atoms with E-state index in [4.69, 9.17) is 5.73 Å². The van der Waals surface area contributed by atoms with Crippen molar-refractivity contribution in [2.45, 2.75) is 129 Å². The third kappa shape index (κ3) is 10.3. The Hall–Kier alpha value is -3.04. The fourth-order valence-electron chi connectivity index (χ4n) is 7.10. The summed E-state index contributed by atoms with van der Waals surface area (Å²) in [7, 11) is -3.79. The molecule has 1 unspecified atom stereocenters. The van der Waals surface area contributed by atoms with Gasteiger partial charge in [0.05, 0.1) is 6.04 Å². The number of nitrogens with one attached hydrogen (secondary N) is 3. The number of thiophene rings is 1. The first-order valence-electron chi connectivity index (χ1n) is 18.7. The number of nitrogens with zero attached hydrogens (tertiary/aromatic N) is 2. The van der Waals surface area contributed by atoms with E-state index in [1.165, 1.54) is 9.21 Å². The summed E-state index contributed by atoms with van der Waals surface area (Å²) in [4.78, 5) is 68.6. The minimum atomic E-state index is -3.79. The monoisotopic (exact) mass is 764 g/mol. The lowest BCUT2D eigenvalue weighted by Gasteiger charge is -2.39. The molecule has 3 aliphatic rings. The molecule has 1 aliphatic heterocycles. The summed E-state index contributed by atoms with van der Waals surface area (Å²) in [5.41, 5.74) is 4.03. The van der Waals surface area contributed by atoms with Gasteiger partial charge in [0, 0.05) is 25.7 Å². The van der Waals surface area contributed by atoms with Crippen LogP contribution in [0.3, 0.4) is 0 Å². The van der Waals surface area contributed by atoms with Crippen LogP contribution in [0.5, 0.6) is 0 Å². The van der Waals surface area contributed by atoms with Crippen LogP contribution in [0, 0.1) is 34.5 Å². The lowest BCUT2D eigenvalue weighted by atomic mass is 9.80. The van der Waals surface area contributed by atoms with Crippen LogP contribution in [-0.4, -0.2) is 91.0 Å². The van der Waals surface area contributed by atoms with Gasteiger partial charge in [0.1, 0.15) is 16.3 Å². The van der Waals surface area contributed by atoms with Crippen molar-refractivity contribution < 1.29 is 32.4 Å². The van der Waals surface area contributed by atoms with Gasteiger partial charge in [-0.1, -0.05) is 80.7 Å². The number of Topliss-reactive ketones (excluding diaryl/α,β-unsaturated/α-hetero) is 1. The van der Waals surface area contributed by atoms with Gasteiger partial charge in [-0.3, -0.25) is 19.2 Å². The first-order valence-corrected chi connectivity index (χ1v) is 21.0. The molecule has 0 aromatic carbocycles. The topological polar surface area (TPSA) is 188 Å². The summed E-state index contributed by atoms with van der Waals surface area (Å²) in [6.45, 7) is 15.9. The molecule has 13 nitrogen and oxygen atoms in total. The molecule has 5 N–H and O–H groups in total. The number of sulfonamides is 1. The standard InChI is InChI=1S/C37H60N6O7S2/c1-22(2)25-16-17-43(29(25)33(46)39-26(30(44)32(38)45)19-23-11-9-12-23)34(47)31(37(6,7)8)41-35(48)40-27(36(3,4)5)21-42(20-24-14-15-24)52(49,50)28-13-10-18-51-28/h10,13,18,22-27,29,31H,9,11-12,14-17,19-21H2,1-8H3,(H2,38,45)(H,39,46)(H2,40,41,48)/t25-,26?,27-,29+,31-/m1/s1. The minimum absolute atomic E-state index is 0.0198. The first kappa shape index (κ1) is 41.7. The van der Waals surface area contributed by atoms with Crippen LogP contribution in [0.4, 0.5) is 4.79 Å². The van der Waals surface area contributed by atoms with Crippen molar-refractivity contribution in [1.29, 1.82) is 0 Å². The van der Waals surface area contributed by atoms with Gasteiger partial charge in [-0.2, -0.15) is 4.31 Å². The Labute approximate surface area is 313 Å². The van der Waals surface area contributed by atoms with Crippen molar-refractivity contribution in [2.24, 2.45) is 40.2 Å². The Balaban J connectivity index is 1.54. The number of hydrogen-bond acceptors (Lipinski definition) is 8. The Morgan fingerprint density at radius 1 is 0.942 bits per heavy atom. The van der Waals surface area contributed by atoms with Crippen LogP contribution in [0.15, 0.2) is 21.7 Å². The molecule has 0 radical (unpaired) electrons. The summed E-state index contributed by atoms with van der Waals surface area (Å²) in [6, 6.07) is -0.983. The smallest absolute Gasteiger partial charge is 0.315 e. The Morgan fingerprint density at radius 2 is 1.60 bits per heavy atom. The van der Waals surface area contributed by atoms with E-state index in [9.17, 15) is 32.4 Å². The van der Waals surface area contributed by atoms with Crippen LogP contribution < -0.4 is 21.7 Å². The number of likely N-dealkylation sites (tertiary alicyclic amines) is 1. The second-order valence-electron chi connectivity index (χ2n) is 17.5. The third-order valence-corrected chi connectivity index (χ3v) is 14.1. The Morgan fingerprint density at radius 3 is 2.08 bits per heavy atom. The molecule has 0 bridgehead atoms. The fourth-order valence-corrected chi connectivity index (χ4v) is 9.78. The fraction of sp³-hybridized carbons (Fsp3) is 0.757. The zero-order chi connectivity index (χ0) is 38.8. The van der Waals surface area contributed by atoms with E-state index in [0.29, 0.717) is 19.4 Å². The van der Waals surface area contributed by atoms with Gasteiger partial charge in [0.15, 0.2) is 0 Å². The molecule has 2 aliphatic carbocycles. The van der Waals surface area contributed by atoms with Gasteiger partial charge in [-0.15, -0.1) is 11.3 Å². The maximum atomic E-state index is 14.5. The van der Waals surface area contributed by atoms with Gasteiger partial charge < -0.3 is 26.6 Å². The minimum Gasteiger partial charge on any atom is -0.363 e. The van der Waals surface area contributed by atoms with Crippen LogP contribution >= 0.6 is 11.3 Å². The second-order valence-corrected chi connectivity index (χ2v) is 20.6. The second kappa shape index (κ2) is 16.5. The number of urea groups is 1. The average molecular weight is 765 g/mol. The maximum Gasteiger partial charge on any atom is 0.315 e. The summed E-state index contributed by atoms with van der Waals surface area (Å²) >= 11 is 1.16. The number of rotatable bonds is 16. The van der Waals surface area contributed by atoms with Gasteiger partial charge in [0.25, 0.3) is 15.9 Å². The van der Waals surface area contributed by atoms with E-state index < -0.39 is 74.6 Å². The van der Waals surface area contributed by atoms with Crippen LogP contribution in [0.25, 0.3) is 0 Å². The quantitative estimate of drug-likeness (QED) is 0.184. The first-order chi connectivity index (χ1) is 24.1. The molecule has 1 aromatic heterocycles. The summed E-state index contributed by atoms with van der Waals surface area (Å²) in [5.74, 6) is -2.64. The molecule has 2 heterocycles. The molecule has 4 rings (SSSR count). The largest absolute Gasteiger partial charge is 0.363 e. The predicted molar refractivity (Wildman–Crippen MR) is 200 cm³/mol. The van der Waals surface area contributed by atoms with Crippen LogP contribution in [0.2, 0.25) is 0 Å². The summed E-state index contributed by atoms with van der Waals surface area (Å²) in [6.07, 6.45) is 5.60. The molecule has 52 heavy (non-hydrogen) atoms. The zero-order valence-corrected chi connectivity index (χ0v) is 33.7. The molecule has 292 valence electrons. The molecule has 5 atom stereocenters. The van der Waals surface area contributed by atoms with Crippen molar-refractivity contribution in [3.8, 4) is 0 Å². The number of nitrogens with two attached hydrogens (primary N) is 1. The highest BCUT2D eigenvalue weighted by Gasteiger charge is 2.48. The van der Waals surface area contributed by atoms with Crippen molar-refractivity contribution in [1.82, 2.24) is 25.2 Å². The zero-order valence-electron chi connectivity index (χ0n) is 32.1. The van der Waals surface area contributed by atoms with E-state index in [1.54, 1.807) is 17.5 Å². The third-order valence-electron chi connectivity index (χ3n) is 10.9. The molecule has 5 amide bonds. The SMILES string of the molecule is CC(C)[C@H]1CCN(C(=O)[C@@H](NC(=O)N[C@H](CN(CC2CC2)S(=O)(=O)c2cccs2)C(C)(C)C)C(C)(C)C)[C@@H]1C(=O)NC(CC1CCC1)C(=O)C(N)=O. The van der Waals surface area contributed by atoms with E-state index in [0.717, 1.165) is 43.4 Å². The summed E-state index contributed by atoms with van der Waals surface area (Å²) in [5, 5.41) is 10.4. The van der Waals surface area contributed by atoms with Crippen molar-refractivity contribution in [3.63, 3.8) is 0 Å². The molecular formula is C37H60N6O7S2. The molecule has 15 heteroatoms. The van der Waals surface area contributed by atoms with E-state index in [1.807, 2.05) is 55.4 Å². The van der Waals surface area contributed by atoms with E-state index in [-0.39, 0.29) is 41.0 Å². The van der Waals surface area contributed by atoms with E-state index >= 15 is 0 Å². The number of carbonyl (C=O) groups is 5. The number of ketones is 1. The van der Waals surface area contributed by atoms with Gasteiger partial charge in [0.2, 0.25) is 17.6 Å². The van der Waals surface area contributed by atoms with Crippen molar-refractivity contribution in [2.75, 3.05) is 19.6 Å². The van der Waals surface area contributed by atoms with Gasteiger partial charge in [-0.05, 0) is 71.6 Å². The van der Waals surface area contributed by atoms with Gasteiger partial charge in [-0.25, -0.2) is 13.2 Å². The summed E-state index contributed by atoms with van der Waals surface area (Å²) < 4.78 is 29.1. The van der Waals surface area contributed by atoms with Crippen molar-refractivity contribution in [3.05, 3.63) is 17.5 Å². The van der Waals surface area contributed by atoms with Crippen LogP contribution in [0.1, 0.15) is 100 Å². The predicted octanol–water partition coefficient (Wildman–Crippen LogP) is 3.88. The van der Waals surface area contributed by atoms with Crippen LogP contribution in [-0.2, 0) is 29.2 Å². The Bertz CT molecular complexity index is 1560. The van der Waals surface area contributed by atoms with Crippen molar-refractivity contribution >= 4 is 50.9 Å². The lowest BCUT2D eigenvalue weighted by Crippen LogP contribution is -2.62. The molecule has 0 spiro atoms. The number of primary amides is 1. The molecule has 2 saturated carbocycles. The number of carbonyl (C=O) groups excluding carboxylic acids is 5. The molecule has 1 aromatic rings. The lowest BCUT2D eigenvalue weighted by molar-refractivity contribution is -0.144. The molecular weight excluding hydrogens is 705 g/mol. The highest BCUT2D eigenvalue weighted by atomic mass is 32.2. The molecule has 1 saturated heterocycles. The Kier molecular flexibility index (Phi) is 13.3. The number of hydrogen-bond donors (Lipinski definition) is 4. The van der Waals surface area contributed by atoms with Gasteiger partial charge >= 0.3 is 6.03 Å². The number of amides is 5. The highest BCUT2D eigenvalue weighted by molar-refractivity contribution is 7.91.